The molecule has 2 unspecified atom stereocenters. The third kappa shape index (κ3) is 3.93. The SMILES string of the molecule is Cc1sc(C(=O)N2CCCC(C(C)N)C2)cc1[N+](=O)[O-].Cl. The molecule has 0 radical (unpaired) electrons. The smallest absolute Gasteiger partial charge is 0.283 e. The molecule has 0 aliphatic carbocycles. The van der Waals surface area contributed by atoms with Crippen LogP contribution in [0.15, 0.2) is 6.07 Å². The first-order valence-electron chi connectivity index (χ1n) is 6.70. The van der Waals surface area contributed by atoms with Gasteiger partial charge in [-0.05, 0) is 32.6 Å². The second-order valence-corrected chi connectivity index (χ2v) is 6.58. The van der Waals surface area contributed by atoms with E-state index >= 15 is 0 Å². The maximum absolute atomic E-state index is 12.4. The molecule has 0 spiro atoms. The first-order chi connectivity index (χ1) is 9.40. The number of amides is 1. The van der Waals surface area contributed by atoms with Crippen LogP contribution in [0.2, 0.25) is 0 Å². The Morgan fingerprint density at radius 1 is 1.62 bits per heavy atom. The fourth-order valence-electron chi connectivity index (χ4n) is 2.54. The van der Waals surface area contributed by atoms with Gasteiger partial charge in [-0.15, -0.1) is 23.7 Å². The molecule has 2 N–H and O–H groups in total. The summed E-state index contributed by atoms with van der Waals surface area (Å²) in [6.45, 7) is 4.97. The van der Waals surface area contributed by atoms with Gasteiger partial charge >= 0.3 is 0 Å². The van der Waals surface area contributed by atoms with Gasteiger partial charge in [0, 0.05) is 25.2 Å². The standard InChI is InChI=1S/C13H19N3O3S.ClH/c1-8(14)10-4-3-5-15(7-10)13(17)12-6-11(16(18)19)9(2)20-12;/h6,8,10H,3-5,7,14H2,1-2H3;1H. The van der Waals surface area contributed by atoms with Crippen molar-refractivity contribution in [1.82, 2.24) is 4.90 Å². The Kier molecular flexibility index (Phi) is 6.12. The lowest BCUT2D eigenvalue weighted by Gasteiger charge is -2.34. The maximum atomic E-state index is 12.4. The highest BCUT2D eigenvalue weighted by molar-refractivity contribution is 7.14. The average molecular weight is 334 g/mol. The minimum Gasteiger partial charge on any atom is -0.338 e. The van der Waals surface area contributed by atoms with E-state index in [1.807, 2.05) is 6.92 Å². The van der Waals surface area contributed by atoms with E-state index in [0.29, 0.717) is 28.8 Å². The number of carbonyl (C=O) groups excluding carboxylic acids is 1. The molecule has 1 saturated heterocycles. The van der Waals surface area contributed by atoms with Gasteiger partial charge in [-0.1, -0.05) is 0 Å². The van der Waals surface area contributed by atoms with E-state index in [1.165, 1.54) is 17.4 Å². The van der Waals surface area contributed by atoms with Gasteiger partial charge in [-0.3, -0.25) is 14.9 Å². The predicted octanol–water partition coefficient (Wildman–Crippen LogP) is 2.59. The molecule has 0 saturated carbocycles. The Hall–Kier alpha value is -1.18. The van der Waals surface area contributed by atoms with Crippen LogP contribution in [0, 0.1) is 23.0 Å². The molecule has 1 amide bonds. The van der Waals surface area contributed by atoms with Crippen LogP contribution in [0.25, 0.3) is 0 Å². The van der Waals surface area contributed by atoms with E-state index in [9.17, 15) is 14.9 Å². The first-order valence-corrected chi connectivity index (χ1v) is 7.51. The second kappa shape index (κ2) is 7.20. The van der Waals surface area contributed by atoms with Crippen molar-refractivity contribution < 1.29 is 9.72 Å². The van der Waals surface area contributed by atoms with Crippen molar-refractivity contribution in [2.24, 2.45) is 11.7 Å². The Bertz CT molecular complexity index is 533. The van der Waals surface area contributed by atoms with Crippen molar-refractivity contribution >= 4 is 35.3 Å². The van der Waals surface area contributed by atoms with E-state index in [2.05, 4.69) is 0 Å². The number of halogens is 1. The highest BCUT2D eigenvalue weighted by atomic mass is 35.5. The summed E-state index contributed by atoms with van der Waals surface area (Å²) < 4.78 is 0. The van der Waals surface area contributed by atoms with Crippen LogP contribution in [0.3, 0.4) is 0 Å². The van der Waals surface area contributed by atoms with E-state index in [4.69, 9.17) is 5.73 Å². The molecular formula is C13H20ClN3O3S. The van der Waals surface area contributed by atoms with Gasteiger partial charge < -0.3 is 10.6 Å². The van der Waals surface area contributed by atoms with Crippen molar-refractivity contribution in [2.45, 2.75) is 32.7 Å². The molecule has 21 heavy (non-hydrogen) atoms. The summed E-state index contributed by atoms with van der Waals surface area (Å²) >= 11 is 1.19. The molecule has 1 aromatic heterocycles. The zero-order valence-corrected chi connectivity index (χ0v) is 13.7. The van der Waals surface area contributed by atoms with Gasteiger partial charge in [0.2, 0.25) is 0 Å². The van der Waals surface area contributed by atoms with Gasteiger partial charge in [-0.25, -0.2) is 0 Å². The van der Waals surface area contributed by atoms with Crippen LogP contribution in [-0.2, 0) is 0 Å². The van der Waals surface area contributed by atoms with Crippen LogP contribution in [0.5, 0.6) is 0 Å². The number of hydrogen-bond acceptors (Lipinski definition) is 5. The van der Waals surface area contributed by atoms with Gasteiger partial charge in [-0.2, -0.15) is 0 Å². The molecule has 2 atom stereocenters. The number of hydrogen-bond donors (Lipinski definition) is 1. The van der Waals surface area contributed by atoms with Crippen LogP contribution >= 0.6 is 23.7 Å². The minimum atomic E-state index is -0.441. The van der Waals surface area contributed by atoms with E-state index in [1.54, 1.807) is 11.8 Å². The van der Waals surface area contributed by atoms with Crippen LogP contribution in [0.4, 0.5) is 5.69 Å². The maximum Gasteiger partial charge on any atom is 0.283 e. The highest BCUT2D eigenvalue weighted by Gasteiger charge is 2.28. The Morgan fingerprint density at radius 3 is 2.81 bits per heavy atom. The Labute approximate surface area is 133 Å². The molecule has 1 aliphatic rings. The van der Waals surface area contributed by atoms with Crippen molar-refractivity contribution in [3.63, 3.8) is 0 Å². The lowest BCUT2D eigenvalue weighted by molar-refractivity contribution is -0.385. The van der Waals surface area contributed by atoms with Gasteiger partial charge in [0.05, 0.1) is 14.7 Å². The number of nitrogens with zero attached hydrogens (tertiary/aromatic N) is 2. The quantitative estimate of drug-likeness (QED) is 0.680. The molecule has 2 rings (SSSR count). The summed E-state index contributed by atoms with van der Waals surface area (Å²) in [5, 5.41) is 10.8. The third-order valence-electron chi connectivity index (χ3n) is 3.79. The number of rotatable bonds is 3. The molecule has 0 aromatic carbocycles. The first kappa shape index (κ1) is 17.9. The number of thiophene rings is 1. The number of piperidine rings is 1. The van der Waals surface area contributed by atoms with Crippen LogP contribution in [0.1, 0.15) is 34.3 Å². The fraction of sp³-hybridized carbons (Fsp3) is 0.615. The Morgan fingerprint density at radius 2 is 2.29 bits per heavy atom. The average Bonchev–Trinajstić information content (AvgIpc) is 2.80. The summed E-state index contributed by atoms with van der Waals surface area (Å²) in [6, 6.07) is 1.45. The topological polar surface area (TPSA) is 89.5 Å². The summed E-state index contributed by atoms with van der Waals surface area (Å²) in [4.78, 5) is 25.6. The summed E-state index contributed by atoms with van der Waals surface area (Å²) in [6.07, 6.45) is 1.97. The lowest BCUT2D eigenvalue weighted by atomic mass is 9.92. The lowest BCUT2D eigenvalue weighted by Crippen LogP contribution is -2.44. The Balaban J connectivity index is 0.00000220. The molecule has 0 bridgehead atoms. The highest BCUT2D eigenvalue weighted by Crippen LogP contribution is 2.30. The molecule has 6 nitrogen and oxygen atoms in total. The molecule has 1 fully saturated rings. The second-order valence-electron chi connectivity index (χ2n) is 5.32. The van der Waals surface area contributed by atoms with Crippen molar-refractivity contribution in [2.75, 3.05) is 13.1 Å². The number of likely N-dealkylation sites (tertiary alicyclic amines) is 1. The van der Waals surface area contributed by atoms with Crippen molar-refractivity contribution in [3.8, 4) is 0 Å². The molecule has 1 aliphatic heterocycles. The van der Waals surface area contributed by atoms with Crippen molar-refractivity contribution in [1.29, 1.82) is 0 Å². The zero-order chi connectivity index (χ0) is 14.9. The van der Waals surface area contributed by atoms with E-state index < -0.39 is 4.92 Å². The zero-order valence-electron chi connectivity index (χ0n) is 12.1. The van der Waals surface area contributed by atoms with Gasteiger partial charge in [0.15, 0.2) is 0 Å². The number of carbonyl (C=O) groups is 1. The van der Waals surface area contributed by atoms with Gasteiger partial charge in [0.25, 0.3) is 11.6 Å². The fourth-order valence-corrected chi connectivity index (χ4v) is 3.49. The number of nitrogens with two attached hydrogens (primary N) is 1. The number of nitro groups is 1. The molecule has 8 heteroatoms. The van der Waals surface area contributed by atoms with Crippen molar-refractivity contribution in [3.05, 3.63) is 25.9 Å². The minimum absolute atomic E-state index is 0. The predicted molar refractivity (Wildman–Crippen MR) is 85.2 cm³/mol. The normalized spacial score (nSPS) is 19.8. The van der Waals surface area contributed by atoms with Crippen LogP contribution in [-0.4, -0.2) is 34.9 Å². The monoisotopic (exact) mass is 333 g/mol. The largest absolute Gasteiger partial charge is 0.338 e. The summed E-state index contributed by atoms with van der Waals surface area (Å²) in [7, 11) is 0. The summed E-state index contributed by atoms with van der Waals surface area (Å²) in [5.74, 6) is 0.195. The van der Waals surface area contributed by atoms with E-state index in [-0.39, 0.29) is 30.0 Å². The van der Waals surface area contributed by atoms with Crippen LogP contribution < -0.4 is 5.73 Å². The molecule has 1 aromatic rings. The van der Waals surface area contributed by atoms with E-state index in [0.717, 1.165) is 12.8 Å². The number of aryl methyl sites for hydroxylation is 1. The third-order valence-corrected chi connectivity index (χ3v) is 4.82. The molecule has 2 heterocycles. The summed E-state index contributed by atoms with van der Waals surface area (Å²) in [5.41, 5.74) is 5.94. The molecular weight excluding hydrogens is 314 g/mol. The molecule has 118 valence electrons. The van der Waals surface area contributed by atoms with Gasteiger partial charge in [0.1, 0.15) is 0 Å².